The van der Waals surface area contributed by atoms with E-state index in [2.05, 4.69) is 77.7 Å². The Morgan fingerprint density at radius 2 is 1.43 bits per heavy atom. The van der Waals surface area contributed by atoms with Crippen LogP contribution in [0.1, 0.15) is 42.2 Å². The van der Waals surface area contributed by atoms with Crippen LogP contribution in [0.25, 0.3) is 10.8 Å². The van der Waals surface area contributed by atoms with Crippen LogP contribution in [0.2, 0.25) is 0 Å². The van der Waals surface area contributed by atoms with Crippen molar-refractivity contribution in [2.75, 3.05) is 33.2 Å². The minimum Gasteiger partial charge on any atom is -0.303 e. The number of benzene rings is 4. The highest BCUT2D eigenvalue weighted by Gasteiger charge is 2.26. The van der Waals surface area contributed by atoms with Crippen molar-refractivity contribution in [2.24, 2.45) is 0 Å². The lowest BCUT2D eigenvalue weighted by molar-refractivity contribution is 0.203. The summed E-state index contributed by atoms with van der Waals surface area (Å²) < 4.78 is 28.1. The van der Waals surface area contributed by atoms with Gasteiger partial charge in [0.15, 0.2) is 0 Å². The van der Waals surface area contributed by atoms with Gasteiger partial charge in [-0.3, -0.25) is 0 Å². The molecule has 0 bridgehead atoms. The Hall–Kier alpha value is -2.99. The van der Waals surface area contributed by atoms with Gasteiger partial charge in [-0.05, 0) is 84.8 Å². The third-order valence-corrected chi connectivity index (χ3v) is 9.66. The lowest BCUT2D eigenvalue weighted by Crippen LogP contribution is -2.36. The molecule has 5 rings (SSSR count). The van der Waals surface area contributed by atoms with Gasteiger partial charge in [0.05, 0.1) is 4.90 Å². The van der Waals surface area contributed by atoms with E-state index in [9.17, 15) is 8.42 Å². The molecule has 0 aliphatic carbocycles. The van der Waals surface area contributed by atoms with Gasteiger partial charge in [-0.15, -0.1) is 0 Å². The Morgan fingerprint density at radius 1 is 0.811 bits per heavy atom. The zero-order valence-corrected chi connectivity index (χ0v) is 22.4. The predicted molar refractivity (Wildman–Crippen MR) is 152 cm³/mol. The number of rotatable bonds is 9. The van der Waals surface area contributed by atoms with E-state index < -0.39 is 10.0 Å². The lowest BCUT2D eigenvalue weighted by Gasteiger charge is -2.33. The molecule has 0 N–H and O–H groups in total. The minimum absolute atomic E-state index is 0.111. The molecule has 0 spiro atoms. The summed E-state index contributed by atoms with van der Waals surface area (Å²) in [5.74, 6) is 0.746. The summed E-state index contributed by atoms with van der Waals surface area (Å²) in [7, 11) is -1.84. The molecule has 1 fully saturated rings. The van der Waals surface area contributed by atoms with Gasteiger partial charge in [-0.2, -0.15) is 0 Å². The van der Waals surface area contributed by atoms with Crippen molar-refractivity contribution in [1.29, 1.82) is 0 Å². The molecule has 37 heavy (non-hydrogen) atoms. The first-order chi connectivity index (χ1) is 18.0. The fourth-order valence-corrected chi connectivity index (χ4v) is 6.80. The molecule has 192 valence electrons. The molecule has 4 nitrogen and oxygen atoms in total. The third kappa shape index (κ3) is 6.12. The zero-order chi connectivity index (χ0) is 25.7. The SMILES string of the molecule is CN(CC(CCN1CCC(c2ccccc2)CC1)c1ccc2ccccc2c1)S(=O)(=O)c1ccccc1. The normalized spacial score (nSPS) is 16.3. The molecule has 1 aliphatic heterocycles. The molecule has 1 saturated heterocycles. The van der Waals surface area contributed by atoms with Gasteiger partial charge < -0.3 is 4.90 Å². The minimum atomic E-state index is -3.55. The zero-order valence-electron chi connectivity index (χ0n) is 21.5. The standard InChI is InChI=1S/C32H36N2O2S/c1-33(37(35,36)32-14-6-3-7-15-32)25-31(30-17-16-27-12-8-9-13-29(27)24-30)20-23-34-21-18-28(19-22-34)26-10-4-2-5-11-26/h2-17,24,28,31H,18-23,25H2,1H3. The second-order valence-electron chi connectivity index (χ2n) is 10.2. The van der Waals surface area contributed by atoms with E-state index in [0.717, 1.165) is 26.1 Å². The molecule has 1 heterocycles. The largest absolute Gasteiger partial charge is 0.303 e. The van der Waals surface area contributed by atoms with Crippen LogP contribution in [-0.2, 0) is 10.0 Å². The lowest BCUT2D eigenvalue weighted by atomic mass is 9.89. The molecule has 0 radical (unpaired) electrons. The van der Waals surface area contributed by atoms with Crippen molar-refractivity contribution in [1.82, 2.24) is 9.21 Å². The van der Waals surface area contributed by atoms with Crippen molar-refractivity contribution < 1.29 is 8.42 Å². The van der Waals surface area contributed by atoms with Crippen LogP contribution in [-0.4, -0.2) is 50.8 Å². The summed E-state index contributed by atoms with van der Waals surface area (Å²) in [6.07, 6.45) is 3.27. The molecule has 0 aromatic heterocycles. The van der Waals surface area contributed by atoms with Crippen LogP contribution < -0.4 is 0 Å². The van der Waals surface area contributed by atoms with Crippen molar-refractivity contribution in [3.63, 3.8) is 0 Å². The molecule has 0 amide bonds. The first-order valence-electron chi connectivity index (χ1n) is 13.3. The van der Waals surface area contributed by atoms with Crippen molar-refractivity contribution in [3.8, 4) is 0 Å². The third-order valence-electron chi connectivity index (χ3n) is 7.83. The van der Waals surface area contributed by atoms with Gasteiger partial charge in [0.2, 0.25) is 10.0 Å². The van der Waals surface area contributed by atoms with Crippen LogP contribution >= 0.6 is 0 Å². The molecule has 4 aromatic rings. The number of likely N-dealkylation sites (N-methyl/N-ethyl adjacent to an activating group) is 1. The molecular formula is C32H36N2O2S. The first kappa shape index (κ1) is 25.7. The number of fused-ring (bicyclic) bond motifs is 1. The second-order valence-corrected chi connectivity index (χ2v) is 12.3. The summed E-state index contributed by atoms with van der Waals surface area (Å²) in [4.78, 5) is 2.90. The molecule has 1 aliphatic rings. The van der Waals surface area contributed by atoms with E-state index in [1.807, 2.05) is 6.07 Å². The van der Waals surface area contributed by atoms with Crippen molar-refractivity contribution in [3.05, 3.63) is 114 Å². The van der Waals surface area contributed by atoms with Gasteiger partial charge in [-0.25, -0.2) is 12.7 Å². The number of nitrogens with zero attached hydrogens (tertiary/aromatic N) is 2. The Balaban J connectivity index is 1.31. The van der Waals surface area contributed by atoms with Crippen molar-refractivity contribution in [2.45, 2.75) is 36.0 Å². The van der Waals surface area contributed by atoms with Gasteiger partial charge in [0, 0.05) is 13.6 Å². The number of hydrogen-bond donors (Lipinski definition) is 0. The highest BCUT2D eigenvalue weighted by molar-refractivity contribution is 7.89. The Morgan fingerprint density at radius 3 is 2.14 bits per heavy atom. The van der Waals surface area contributed by atoms with E-state index in [-0.39, 0.29) is 5.92 Å². The van der Waals surface area contributed by atoms with Crippen LogP contribution in [0.3, 0.4) is 0 Å². The van der Waals surface area contributed by atoms with Crippen molar-refractivity contribution >= 4 is 20.8 Å². The second kappa shape index (κ2) is 11.6. The first-order valence-corrected chi connectivity index (χ1v) is 14.7. The Bertz CT molecular complexity index is 1400. The van der Waals surface area contributed by atoms with Crippen LogP contribution in [0.15, 0.2) is 108 Å². The summed E-state index contributed by atoms with van der Waals surface area (Å²) in [5.41, 5.74) is 2.65. The average molecular weight is 513 g/mol. The average Bonchev–Trinajstić information content (AvgIpc) is 2.96. The Labute approximate surface area is 221 Å². The van der Waals surface area contributed by atoms with Crippen LogP contribution in [0.4, 0.5) is 0 Å². The van der Waals surface area contributed by atoms with E-state index in [4.69, 9.17) is 0 Å². The summed E-state index contributed by atoms with van der Waals surface area (Å²) in [5, 5.41) is 2.40. The van der Waals surface area contributed by atoms with Crippen LogP contribution in [0.5, 0.6) is 0 Å². The highest BCUT2D eigenvalue weighted by Crippen LogP contribution is 2.30. The van der Waals surface area contributed by atoms with E-state index >= 15 is 0 Å². The fourth-order valence-electron chi connectivity index (χ4n) is 5.56. The quantitative estimate of drug-likeness (QED) is 0.257. The maximum absolute atomic E-state index is 13.3. The smallest absolute Gasteiger partial charge is 0.242 e. The number of likely N-dealkylation sites (tertiary alicyclic amines) is 1. The van der Waals surface area contributed by atoms with E-state index in [1.165, 1.54) is 39.0 Å². The molecule has 4 aromatic carbocycles. The summed E-state index contributed by atoms with van der Waals surface area (Å²) >= 11 is 0. The monoisotopic (exact) mass is 512 g/mol. The molecule has 1 unspecified atom stereocenters. The number of piperidine rings is 1. The Kier molecular flexibility index (Phi) is 8.04. The summed E-state index contributed by atoms with van der Waals surface area (Å²) in [6.45, 7) is 3.60. The van der Waals surface area contributed by atoms with Gasteiger partial charge >= 0.3 is 0 Å². The van der Waals surface area contributed by atoms with Gasteiger partial charge in [0.1, 0.15) is 0 Å². The predicted octanol–water partition coefficient (Wildman–Crippen LogP) is 6.51. The number of sulfonamides is 1. The van der Waals surface area contributed by atoms with Gasteiger partial charge in [0.25, 0.3) is 0 Å². The molecule has 0 saturated carbocycles. The maximum atomic E-state index is 13.3. The van der Waals surface area contributed by atoms with E-state index in [0.29, 0.717) is 17.4 Å². The number of hydrogen-bond acceptors (Lipinski definition) is 3. The van der Waals surface area contributed by atoms with Crippen LogP contribution in [0, 0.1) is 0 Å². The fraction of sp³-hybridized carbons (Fsp3) is 0.312. The summed E-state index contributed by atoms with van der Waals surface area (Å²) in [6, 6.07) is 34.6. The maximum Gasteiger partial charge on any atom is 0.242 e. The molecular weight excluding hydrogens is 476 g/mol. The van der Waals surface area contributed by atoms with Gasteiger partial charge in [-0.1, -0.05) is 91.0 Å². The highest BCUT2D eigenvalue weighted by atomic mass is 32.2. The van der Waals surface area contributed by atoms with E-state index in [1.54, 1.807) is 31.3 Å². The molecule has 1 atom stereocenters. The topological polar surface area (TPSA) is 40.6 Å². The molecule has 5 heteroatoms.